The van der Waals surface area contributed by atoms with Crippen LogP contribution in [0.2, 0.25) is 0 Å². The molecule has 0 unspecified atom stereocenters. The molecule has 0 saturated heterocycles. The van der Waals surface area contributed by atoms with Gasteiger partial charge in [-0.1, -0.05) is 36.0 Å². The predicted octanol–water partition coefficient (Wildman–Crippen LogP) is 2.90. The van der Waals surface area contributed by atoms with Crippen molar-refractivity contribution in [2.75, 3.05) is 5.32 Å². The van der Waals surface area contributed by atoms with Crippen molar-refractivity contribution in [3.63, 3.8) is 0 Å². The van der Waals surface area contributed by atoms with Gasteiger partial charge in [-0.05, 0) is 24.3 Å². The van der Waals surface area contributed by atoms with Gasteiger partial charge in [0.1, 0.15) is 0 Å². The fourth-order valence-electron chi connectivity index (χ4n) is 1.73. The third kappa shape index (κ3) is 3.39. The first-order chi connectivity index (χ1) is 9.58. The molecule has 5 heteroatoms. The lowest BCUT2D eigenvalue weighted by Crippen LogP contribution is -2.12. The number of para-hydroxylation sites is 1. The molecule has 0 spiro atoms. The van der Waals surface area contributed by atoms with Gasteiger partial charge in [0.25, 0.3) is 0 Å². The Labute approximate surface area is 121 Å². The SMILES string of the molecule is CC(=O)Nc1ccccc1Sc1ccccc1C(N)=O. The van der Waals surface area contributed by atoms with Crippen LogP contribution >= 0.6 is 11.8 Å². The topological polar surface area (TPSA) is 72.2 Å². The van der Waals surface area contributed by atoms with E-state index in [-0.39, 0.29) is 5.91 Å². The maximum absolute atomic E-state index is 11.4. The average Bonchev–Trinajstić information content (AvgIpc) is 2.41. The number of nitrogens with one attached hydrogen (secondary N) is 1. The summed E-state index contributed by atoms with van der Waals surface area (Å²) < 4.78 is 0. The molecule has 0 fully saturated rings. The Morgan fingerprint density at radius 2 is 1.60 bits per heavy atom. The van der Waals surface area contributed by atoms with Crippen molar-refractivity contribution < 1.29 is 9.59 Å². The normalized spacial score (nSPS) is 10.1. The van der Waals surface area contributed by atoms with Gasteiger partial charge in [0.2, 0.25) is 11.8 Å². The lowest BCUT2D eigenvalue weighted by molar-refractivity contribution is -0.114. The third-order valence-electron chi connectivity index (χ3n) is 2.57. The molecule has 20 heavy (non-hydrogen) atoms. The molecule has 102 valence electrons. The molecule has 0 aliphatic carbocycles. The lowest BCUT2D eigenvalue weighted by Gasteiger charge is -2.11. The standard InChI is InChI=1S/C15H14N2O2S/c1-10(18)17-12-7-3-5-9-14(12)20-13-8-4-2-6-11(13)15(16)19/h2-9H,1H3,(H2,16,19)(H,17,18). The Morgan fingerprint density at radius 1 is 1.00 bits per heavy atom. The molecule has 0 aliphatic heterocycles. The number of primary amides is 1. The average molecular weight is 286 g/mol. The van der Waals surface area contributed by atoms with Crippen molar-refractivity contribution in [1.29, 1.82) is 0 Å². The summed E-state index contributed by atoms with van der Waals surface area (Å²) >= 11 is 1.40. The molecule has 2 aromatic carbocycles. The number of rotatable bonds is 4. The van der Waals surface area contributed by atoms with Gasteiger partial charge >= 0.3 is 0 Å². The zero-order chi connectivity index (χ0) is 14.5. The van der Waals surface area contributed by atoms with Gasteiger partial charge in [0, 0.05) is 16.7 Å². The van der Waals surface area contributed by atoms with Gasteiger partial charge in [-0.25, -0.2) is 0 Å². The first-order valence-electron chi connectivity index (χ1n) is 6.01. The Bertz CT molecular complexity index is 656. The van der Waals surface area contributed by atoms with E-state index in [0.717, 1.165) is 9.79 Å². The van der Waals surface area contributed by atoms with E-state index in [4.69, 9.17) is 5.73 Å². The van der Waals surface area contributed by atoms with Crippen LogP contribution in [0.4, 0.5) is 5.69 Å². The van der Waals surface area contributed by atoms with Crippen LogP contribution in [-0.2, 0) is 4.79 Å². The number of nitrogens with two attached hydrogens (primary N) is 1. The van der Waals surface area contributed by atoms with Crippen LogP contribution in [0.25, 0.3) is 0 Å². The van der Waals surface area contributed by atoms with Crippen molar-refractivity contribution in [2.45, 2.75) is 16.7 Å². The van der Waals surface area contributed by atoms with E-state index >= 15 is 0 Å². The van der Waals surface area contributed by atoms with Gasteiger partial charge in [0.15, 0.2) is 0 Å². The van der Waals surface area contributed by atoms with Crippen LogP contribution in [0.1, 0.15) is 17.3 Å². The molecule has 0 aliphatic rings. The van der Waals surface area contributed by atoms with Crippen LogP contribution in [0, 0.1) is 0 Å². The van der Waals surface area contributed by atoms with Crippen LogP contribution in [0.5, 0.6) is 0 Å². The minimum absolute atomic E-state index is 0.138. The van der Waals surface area contributed by atoms with Crippen LogP contribution in [0.3, 0.4) is 0 Å². The Balaban J connectivity index is 2.35. The van der Waals surface area contributed by atoms with Crippen molar-refractivity contribution in [1.82, 2.24) is 0 Å². The summed E-state index contributed by atoms with van der Waals surface area (Å²) in [6.45, 7) is 1.46. The molecule has 4 nitrogen and oxygen atoms in total. The van der Waals surface area contributed by atoms with Crippen molar-refractivity contribution in [2.24, 2.45) is 5.73 Å². The second-order valence-electron chi connectivity index (χ2n) is 4.14. The van der Waals surface area contributed by atoms with Gasteiger partial charge in [-0.2, -0.15) is 0 Å². The van der Waals surface area contributed by atoms with Crippen molar-refractivity contribution in [3.05, 3.63) is 54.1 Å². The van der Waals surface area contributed by atoms with Crippen LogP contribution in [-0.4, -0.2) is 11.8 Å². The first kappa shape index (κ1) is 14.1. The van der Waals surface area contributed by atoms with E-state index in [2.05, 4.69) is 5.32 Å². The molecule has 2 amide bonds. The van der Waals surface area contributed by atoms with Gasteiger partial charge in [-0.15, -0.1) is 0 Å². The monoisotopic (exact) mass is 286 g/mol. The van der Waals surface area contributed by atoms with E-state index in [1.54, 1.807) is 12.1 Å². The predicted molar refractivity (Wildman–Crippen MR) is 79.8 cm³/mol. The smallest absolute Gasteiger partial charge is 0.249 e. The Kier molecular flexibility index (Phi) is 4.42. The second-order valence-corrected chi connectivity index (χ2v) is 5.22. The second kappa shape index (κ2) is 6.25. The highest BCUT2D eigenvalue weighted by atomic mass is 32.2. The molecular weight excluding hydrogens is 272 g/mol. The summed E-state index contributed by atoms with van der Waals surface area (Å²) in [7, 11) is 0. The minimum Gasteiger partial charge on any atom is -0.366 e. The van der Waals surface area contributed by atoms with Crippen LogP contribution in [0.15, 0.2) is 58.3 Å². The van der Waals surface area contributed by atoms with Crippen molar-refractivity contribution >= 4 is 29.3 Å². The number of anilines is 1. The summed E-state index contributed by atoms with van der Waals surface area (Å²) in [5.41, 5.74) is 6.55. The van der Waals surface area contributed by atoms with Gasteiger partial charge in [0.05, 0.1) is 11.3 Å². The summed E-state index contributed by atoms with van der Waals surface area (Å²) in [4.78, 5) is 24.2. The van der Waals surface area contributed by atoms with E-state index in [1.807, 2.05) is 36.4 Å². The van der Waals surface area contributed by atoms with Gasteiger partial charge in [-0.3, -0.25) is 9.59 Å². The minimum atomic E-state index is -0.467. The maximum Gasteiger partial charge on any atom is 0.249 e. The number of benzene rings is 2. The van der Waals surface area contributed by atoms with E-state index in [1.165, 1.54) is 18.7 Å². The fraction of sp³-hybridized carbons (Fsp3) is 0.0667. The first-order valence-corrected chi connectivity index (χ1v) is 6.83. The number of hydrogen-bond acceptors (Lipinski definition) is 3. The molecular formula is C15H14N2O2S. The summed E-state index contributed by atoms with van der Waals surface area (Å²) in [6.07, 6.45) is 0. The Hall–Kier alpha value is -2.27. The molecule has 0 heterocycles. The number of hydrogen-bond donors (Lipinski definition) is 2. The third-order valence-corrected chi connectivity index (χ3v) is 3.72. The van der Waals surface area contributed by atoms with E-state index in [0.29, 0.717) is 11.3 Å². The highest BCUT2D eigenvalue weighted by Gasteiger charge is 2.11. The summed E-state index contributed by atoms with van der Waals surface area (Å²) in [6, 6.07) is 14.5. The molecule has 0 aromatic heterocycles. The molecule has 3 N–H and O–H groups in total. The Morgan fingerprint density at radius 3 is 2.25 bits per heavy atom. The zero-order valence-electron chi connectivity index (χ0n) is 10.9. The quantitative estimate of drug-likeness (QED) is 0.907. The lowest BCUT2D eigenvalue weighted by atomic mass is 10.2. The molecule has 0 saturated carbocycles. The fourth-order valence-corrected chi connectivity index (χ4v) is 2.76. The number of amides is 2. The number of carbonyl (C=O) groups is 2. The highest BCUT2D eigenvalue weighted by molar-refractivity contribution is 7.99. The molecule has 0 bridgehead atoms. The van der Waals surface area contributed by atoms with Crippen molar-refractivity contribution in [3.8, 4) is 0 Å². The highest BCUT2D eigenvalue weighted by Crippen LogP contribution is 2.35. The van der Waals surface area contributed by atoms with Gasteiger partial charge < -0.3 is 11.1 Å². The molecule has 0 atom stereocenters. The molecule has 0 radical (unpaired) electrons. The maximum atomic E-state index is 11.4. The van der Waals surface area contributed by atoms with E-state index < -0.39 is 5.91 Å². The van der Waals surface area contributed by atoms with Crippen LogP contribution < -0.4 is 11.1 Å². The number of carbonyl (C=O) groups excluding carboxylic acids is 2. The van der Waals surface area contributed by atoms with E-state index in [9.17, 15) is 9.59 Å². The summed E-state index contributed by atoms with van der Waals surface area (Å²) in [5, 5.41) is 2.77. The molecule has 2 aromatic rings. The zero-order valence-corrected chi connectivity index (χ0v) is 11.7. The largest absolute Gasteiger partial charge is 0.366 e. The summed E-state index contributed by atoms with van der Waals surface area (Å²) in [5.74, 6) is -0.605. The molecule has 2 rings (SSSR count).